The first kappa shape index (κ1) is 15.5. The predicted octanol–water partition coefficient (Wildman–Crippen LogP) is 2.88. The minimum Gasteiger partial charge on any atom is -0.493 e. The Kier molecular flexibility index (Phi) is 5.72. The molecular weight excluding hydrogens is 266 g/mol. The molecule has 1 fully saturated rings. The predicted molar refractivity (Wildman–Crippen MR) is 86.5 cm³/mol. The number of benzene rings is 1. The number of anilines is 1. The highest BCUT2D eigenvalue weighted by Gasteiger charge is 2.20. The smallest absolute Gasteiger partial charge is 0.195 e. The fraction of sp³-hybridized carbons (Fsp3) is 0.562. The lowest BCUT2D eigenvalue weighted by Crippen LogP contribution is -2.31. The van der Waals surface area contributed by atoms with Crippen LogP contribution in [0.5, 0.6) is 11.5 Å². The Morgan fingerprint density at radius 1 is 1.33 bits per heavy atom. The van der Waals surface area contributed by atoms with E-state index in [0.29, 0.717) is 6.61 Å². The second kappa shape index (κ2) is 7.76. The van der Waals surface area contributed by atoms with Gasteiger partial charge in [-0.15, -0.1) is 0 Å². The summed E-state index contributed by atoms with van der Waals surface area (Å²) < 4.78 is 10.9. The molecule has 5 nitrogen and oxygen atoms in total. The van der Waals surface area contributed by atoms with Gasteiger partial charge in [0.05, 0.1) is 13.7 Å². The van der Waals surface area contributed by atoms with Crippen molar-refractivity contribution in [2.45, 2.75) is 26.2 Å². The van der Waals surface area contributed by atoms with Crippen LogP contribution in [0.1, 0.15) is 26.2 Å². The molecule has 0 unspecified atom stereocenters. The van der Waals surface area contributed by atoms with E-state index < -0.39 is 0 Å². The van der Waals surface area contributed by atoms with Crippen LogP contribution in [0.3, 0.4) is 0 Å². The summed E-state index contributed by atoms with van der Waals surface area (Å²) in [5, 5.41) is 6.60. The maximum atomic E-state index is 5.51. The van der Waals surface area contributed by atoms with Crippen molar-refractivity contribution in [1.82, 2.24) is 5.32 Å². The summed E-state index contributed by atoms with van der Waals surface area (Å²) in [5.74, 6) is 3.17. The third-order valence-corrected chi connectivity index (χ3v) is 3.49. The van der Waals surface area contributed by atoms with E-state index in [1.807, 2.05) is 25.1 Å². The first-order valence-corrected chi connectivity index (χ1v) is 7.55. The number of rotatable bonds is 7. The molecule has 0 bridgehead atoms. The Morgan fingerprint density at radius 2 is 2.14 bits per heavy atom. The molecule has 0 atom stereocenters. The Hall–Kier alpha value is -1.91. The second-order valence-electron chi connectivity index (χ2n) is 5.15. The summed E-state index contributed by atoms with van der Waals surface area (Å²) in [4.78, 5) is 4.24. The molecule has 2 rings (SSSR count). The fourth-order valence-electron chi connectivity index (χ4n) is 2.14. The van der Waals surface area contributed by atoms with Crippen LogP contribution in [0.2, 0.25) is 0 Å². The van der Waals surface area contributed by atoms with Crippen LogP contribution in [0.15, 0.2) is 23.2 Å². The molecule has 0 aliphatic heterocycles. The zero-order valence-electron chi connectivity index (χ0n) is 13.1. The van der Waals surface area contributed by atoms with Gasteiger partial charge in [0.1, 0.15) is 0 Å². The van der Waals surface area contributed by atoms with E-state index >= 15 is 0 Å². The number of ether oxygens (including phenoxy) is 2. The van der Waals surface area contributed by atoms with Crippen LogP contribution < -0.4 is 20.1 Å². The summed E-state index contributed by atoms with van der Waals surface area (Å²) in [7, 11) is 3.42. The van der Waals surface area contributed by atoms with Crippen molar-refractivity contribution in [3.05, 3.63) is 18.2 Å². The number of hydrogen-bond acceptors (Lipinski definition) is 3. The van der Waals surface area contributed by atoms with E-state index in [-0.39, 0.29) is 0 Å². The van der Waals surface area contributed by atoms with E-state index in [2.05, 4.69) is 15.6 Å². The van der Waals surface area contributed by atoms with Crippen LogP contribution in [-0.4, -0.2) is 33.3 Å². The maximum Gasteiger partial charge on any atom is 0.195 e. The standard InChI is InChI=1S/C16H25N3O2/c1-4-21-14-8-7-13(11-15(14)20-3)19-16(17-2)18-10-9-12-5-6-12/h7-8,11-12H,4-6,9-10H2,1-3H3,(H2,17,18,19). The quantitative estimate of drug-likeness (QED) is 0.599. The van der Waals surface area contributed by atoms with Crippen molar-refractivity contribution < 1.29 is 9.47 Å². The Balaban J connectivity index is 1.92. The van der Waals surface area contributed by atoms with Gasteiger partial charge in [0.15, 0.2) is 17.5 Å². The monoisotopic (exact) mass is 291 g/mol. The number of guanidine groups is 1. The molecule has 0 aromatic heterocycles. The molecular formula is C16H25N3O2. The highest BCUT2D eigenvalue weighted by Crippen LogP contribution is 2.32. The maximum absolute atomic E-state index is 5.51. The molecule has 0 radical (unpaired) electrons. The van der Waals surface area contributed by atoms with Gasteiger partial charge in [-0.3, -0.25) is 4.99 Å². The summed E-state index contributed by atoms with van der Waals surface area (Å²) in [5.41, 5.74) is 0.926. The number of hydrogen-bond donors (Lipinski definition) is 2. The minimum absolute atomic E-state index is 0.619. The van der Waals surface area contributed by atoms with Crippen LogP contribution in [0, 0.1) is 5.92 Å². The van der Waals surface area contributed by atoms with Crippen molar-refractivity contribution >= 4 is 11.6 Å². The van der Waals surface area contributed by atoms with Crippen molar-refractivity contribution in [1.29, 1.82) is 0 Å². The van der Waals surface area contributed by atoms with Crippen LogP contribution >= 0.6 is 0 Å². The minimum atomic E-state index is 0.619. The van der Waals surface area contributed by atoms with Gasteiger partial charge >= 0.3 is 0 Å². The molecule has 21 heavy (non-hydrogen) atoms. The summed E-state index contributed by atoms with van der Waals surface area (Å²) in [6, 6.07) is 5.78. The largest absolute Gasteiger partial charge is 0.493 e. The normalized spacial score (nSPS) is 14.7. The van der Waals surface area contributed by atoms with Gasteiger partial charge in [0.2, 0.25) is 0 Å². The van der Waals surface area contributed by atoms with Crippen LogP contribution in [0.25, 0.3) is 0 Å². The number of nitrogens with zero attached hydrogens (tertiary/aromatic N) is 1. The lowest BCUT2D eigenvalue weighted by atomic mass is 10.2. The van der Waals surface area contributed by atoms with Crippen LogP contribution in [0.4, 0.5) is 5.69 Å². The molecule has 5 heteroatoms. The third kappa shape index (κ3) is 4.85. The number of methoxy groups -OCH3 is 1. The van der Waals surface area contributed by atoms with Crippen molar-refractivity contribution in [3.8, 4) is 11.5 Å². The molecule has 2 N–H and O–H groups in total. The third-order valence-electron chi connectivity index (χ3n) is 3.49. The van der Waals surface area contributed by atoms with E-state index in [0.717, 1.165) is 35.6 Å². The van der Waals surface area contributed by atoms with E-state index in [1.54, 1.807) is 14.2 Å². The van der Waals surface area contributed by atoms with E-state index in [1.165, 1.54) is 19.3 Å². The van der Waals surface area contributed by atoms with E-state index in [4.69, 9.17) is 9.47 Å². The highest BCUT2D eigenvalue weighted by atomic mass is 16.5. The zero-order valence-corrected chi connectivity index (χ0v) is 13.1. The van der Waals surface area contributed by atoms with Crippen molar-refractivity contribution in [3.63, 3.8) is 0 Å². The topological polar surface area (TPSA) is 54.9 Å². The first-order chi connectivity index (χ1) is 10.3. The molecule has 0 saturated heterocycles. The molecule has 0 spiro atoms. The van der Waals surface area contributed by atoms with Gasteiger partial charge < -0.3 is 20.1 Å². The SMILES string of the molecule is CCOc1ccc(NC(=NC)NCCC2CC2)cc1OC. The summed E-state index contributed by atoms with van der Waals surface area (Å²) >= 11 is 0. The average molecular weight is 291 g/mol. The highest BCUT2D eigenvalue weighted by molar-refractivity contribution is 5.93. The lowest BCUT2D eigenvalue weighted by Gasteiger charge is -2.14. The van der Waals surface area contributed by atoms with Crippen molar-refractivity contribution in [2.24, 2.45) is 10.9 Å². The van der Waals surface area contributed by atoms with Gasteiger partial charge in [-0.25, -0.2) is 0 Å². The number of aliphatic imine (C=N–C) groups is 1. The molecule has 1 aliphatic rings. The fourth-order valence-corrected chi connectivity index (χ4v) is 2.14. The zero-order chi connectivity index (χ0) is 15.1. The average Bonchev–Trinajstić information content (AvgIpc) is 3.32. The van der Waals surface area contributed by atoms with Gasteiger partial charge in [-0.05, 0) is 31.4 Å². The molecule has 1 aromatic rings. The van der Waals surface area contributed by atoms with E-state index in [9.17, 15) is 0 Å². The number of nitrogens with one attached hydrogen (secondary N) is 2. The Morgan fingerprint density at radius 3 is 2.76 bits per heavy atom. The first-order valence-electron chi connectivity index (χ1n) is 7.55. The summed E-state index contributed by atoms with van der Waals surface area (Å²) in [6.07, 6.45) is 3.97. The van der Waals surface area contributed by atoms with Gasteiger partial charge in [0, 0.05) is 25.3 Å². The van der Waals surface area contributed by atoms with Gasteiger partial charge in [-0.1, -0.05) is 12.8 Å². The Labute approximate surface area is 126 Å². The molecule has 1 aromatic carbocycles. The van der Waals surface area contributed by atoms with Crippen LogP contribution in [-0.2, 0) is 0 Å². The molecule has 1 saturated carbocycles. The molecule has 0 amide bonds. The van der Waals surface area contributed by atoms with Crippen molar-refractivity contribution in [2.75, 3.05) is 32.6 Å². The molecule has 116 valence electrons. The molecule has 1 aliphatic carbocycles. The summed E-state index contributed by atoms with van der Waals surface area (Å²) in [6.45, 7) is 3.53. The lowest BCUT2D eigenvalue weighted by molar-refractivity contribution is 0.311. The van der Waals surface area contributed by atoms with Gasteiger partial charge in [-0.2, -0.15) is 0 Å². The Bertz CT molecular complexity index is 484. The van der Waals surface area contributed by atoms with Gasteiger partial charge in [0.25, 0.3) is 0 Å². The second-order valence-corrected chi connectivity index (χ2v) is 5.15. The molecule has 0 heterocycles.